The molecule has 1 fully saturated rings. The fourth-order valence-corrected chi connectivity index (χ4v) is 1.77. The standard InChI is InChI=1S/C12H16BrNO/c1-2-9(8-14-10-3-4-10)7-11-5-6-12(13)15-11/h5-7,10,14H,2-4,8H2,1H3. The summed E-state index contributed by atoms with van der Waals surface area (Å²) in [6, 6.07) is 4.67. The van der Waals surface area contributed by atoms with Crippen LogP contribution >= 0.6 is 15.9 Å². The van der Waals surface area contributed by atoms with Crippen molar-refractivity contribution in [3.63, 3.8) is 0 Å². The van der Waals surface area contributed by atoms with Crippen LogP contribution in [0.5, 0.6) is 0 Å². The van der Waals surface area contributed by atoms with E-state index < -0.39 is 0 Å². The maximum absolute atomic E-state index is 5.45. The van der Waals surface area contributed by atoms with Gasteiger partial charge in [-0.1, -0.05) is 12.5 Å². The molecule has 2 nitrogen and oxygen atoms in total. The lowest BCUT2D eigenvalue weighted by atomic mass is 10.1. The van der Waals surface area contributed by atoms with Gasteiger partial charge in [-0.2, -0.15) is 0 Å². The molecule has 0 unspecified atom stereocenters. The minimum atomic E-state index is 0.767. The van der Waals surface area contributed by atoms with Crippen molar-refractivity contribution in [2.24, 2.45) is 0 Å². The van der Waals surface area contributed by atoms with Crippen LogP contribution in [0.4, 0.5) is 0 Å². The summed E-state index contributed by atoms with van der Waals surface area (Å²) in [4.78, 5) is 0. The Morgan fingerprint density at radius 3 is 2.93 bits per heavy atom. The third kappa shape index (κ3) is 3.50. The fourth-order valence-electron chi connectivity index (χ4n) is 1.45. The largest absolute Gasteiger partial charge is 0.450 e. The maximum atomic E-state index is 5.45. The van der Waals surface area contributed by atoms with Gasteiger partial charge in [0.25, 0.3) is 0 Å². The second-order valence-corrected chi connectivity index (χ2v) is 4.73. The number of nitrogens with one attached hydrogen (secondary N) is 1. The Kier molecular flexibility index (Phi) is 3.65. The third-order valence-corrected chi connectivity index (χ3v) is 3.02. The molecule has 15 heavy (non-hydrogen) atoms. The van der Waals surface area contributed by atoms with Crippen molar-refractivity contribution in [3.8, 4) is 0 Å². The van der Waals surface area contributed by atoms with E-state index in [4.69, 9.17) is 4.42 Å². The van der Waals surface area contributed by atoms with E-state index in [9.17, 15) is 0 Å². The van der Waals surface area contributed by atoms with Crippen LogP contribution < -0.4 is 5.32 Å². The molecule has 1 saturated carbocycles. The highest BCUT2D eigenvalue weighted by Crippen LogP contribution is 2.20. The van der Waals surface area contributed by atoms with Crippen LogP contribution in [-0.2, 0) is 0 Å². The Labute approximate surface area is 98.9 Å². The van der Waals surface area contributed by atoms with Crippen molar-refractivity contribution >= 4 is 22.0 Å². The Hall–Kier alpha value is -0.540. The molecule has 0 spiro atoms. The molecule has 0 aromatic carbocycles. The van der Waals surface area contributed by atoms with Gasteiger partial charge in [0.15, 0.2) is 4.67 Å². The van der Waals surface area contributed by atoms with Crippen LogP contribution in [0.1, 0.15) is 31.9 Å². The van der Waals surface area contributed by atoms with Gasteiger partial charge in [-0.05, 0) is 53.4 Å². The molecule has 0 bridgehead atoms. The molecule has 0 atom stereocenters. The van der Waals surface area contributed by atoms with E-state index in [0.717, 1.165) is 29.4 Å². The van der Waals surface area contributed by atoms with Gasteiger partial charge in [0.2, 0.25) is 0 Å². The maximum Gasteiger partial charge on any atom is 0.169 e. The van der Waals surface area contributed by atoms with Gasteiger partial charge in [-0.15, -0.1) is 0 Å². The summed E-state index contributed by atoms with van der Waals surface area (Å²) in [6.07, 6.45) is 5.87. The Bertz CT molecular complexity index is 352. The summed E-state index contributed by atoms with van der Waals surface area (Å²) >= 11 is 3.30. The van der Waals surface area contributed by atoms with Gasteiger partial charge in [0, 0.05) is 12.6 Å². The van der Waals surface area contributed by atoms with Crippen LogP contribution in [0.15, 0.2) is 26.8 Å². The highest BCUT2D eigenvalue weighted by molar-refractivity contribution is 9.10. The number of hydrogen-bond donors (Lipinski definition) is 1. The zero-order valence-electron chi connectivity index (χ0n) is 8.92. The predicted molar refractivity (Wildman–Crippen MR) is 65.7 cm³/mol. The van der Waals surface area contributed by atoms with Crippen LogP contribution in [0.3, 0.4) is 0 Å². The normalized spacial score (nSPS) is 17.1. The number of furan rings is 1. The van der Waals surface area contributed by atoms with E-state index in [2.05, 4.69) is 34.2 Å². The molecule has 2 rings (SSSR count). The summed E-state index contributed by atoms with van der Waals surface area (Å²) in [5, 5.41) is 3.51. The van der Waals surface area contributed by atoms with Crippen molar-refractivity contribution in [2.45, 2.75) is 32.2 Å². The molecule has 1 N–H and O–H groups in total. The molecule has 3 heteroatoms. The van der Waals surface area contributed by atoms with E-state index in [1.54, 1.807) is 0 Å². The molecule has 1 aromatic heterocycles. The lowest BCUT2D eigenvalue weighted by Gasteiger charge is -2.04. The Balaban J connectivity index is 1.94. The molecule has 0 amide bonds. The topological polar surface area (TPSA) is 25.2 Å². The van der Waals surface area contributed by atoms with Crippen molar-refractivity contribution in [1.82, 2.24) is 5.32 Å². The smallest absolute Gasteiger partial charge is 0.169 e. The first-order valence-electron chi connectivity index (χ1n) is 5.46. The Morgan fingerprint density at radius 2 is 2.40 bits per heavy atom. The van der Waals surface area contributed by atoms with Gasteiger partial charge in [0.05, 0.1) is 0 Å². The first-order valence-corrected chi connectivity index (χ1v) is 6.25. The highest BCUT2D eigenvalue weighted by Gasteiger charge is 2.20. The van der Waals surface area contributed by atoms with E-state index in [1.165, 1.54) is 18.4 Å². The summed E-state index contributed by atoms with van der Waals surface area (Å²) in [5.41, 5.74) is 1.39. The average molecular weight is 270 g/mol. The zero-order chi connectivity index (χ0) is 10.7. The zero-order valence-corrected chi connectivity index (χ0v) is 10.5. The minimum Gasteiger partial charge on any atom is -0.450 e. The van der Waals surface area contributed by atoms with Crippen LogP contribution in [0, 0.1) is 0 Å². The van der Waals surface area contributed by atoms with Crippen molar-refractivity contribution in [2.75, 3.05) is 6.54 Å². The van der Waals surface area contributed by atoms with Gasteiger partial charge < -0.3 is 9.73 Å². The molecule has 0 saturated heterocycles. The number of hydrogen-bond acceptors (Lipinski definition) is 2. The highest BCUT2D eigenvalue weighted by atomic mass is 79.9. The molecule has 1 aliphatic carbocycles. The van der Waals surface area contributed by atoms with E-state index in [1.807, 2.05) is 12.1 Å². The molecule has 1 heterocycles. The van der Waals surface area contributed by atoms with Crippen LogP contribution in [-0.4, -0.2) is 12.6 Å². The van der Waals surface area contributed by atoms with Gasteiger partial charge >= 0.3 is 0 Å². The Morgan fingerprint density at radius 1 is 1.60 bits per heavy atom. The average Bonchev–Trinajstić information content (AvgIpc) is 2.97. The summed E-state index contributed by atoms with van der Waals surface area (Å²) in [6.45, 7) is 3.16. The summed E-state index contributed by atoms with van der Waals surface area (Å²) < 4.78 is 6.24. The number of halogens is 1. The minimum absolute atomic E-state index is 0.767. The van der Waals surface area contributed by atoms with E-state index >= 15 is 0 Å². The molecular formula is C12H16BrNO. The van der Waals surface area contributed by atoms with Crippen molar-refractivity contribution in [1.29, 1.82) is 0 Å². The second-order valence-electron chi connectivity index (χ2n) is 3.95. The third-order valence-electron chi connectivity index (χ3n) is 2.59. The summed E-state index contributed by atoms with van der Waals surface area (Å²) in [5.74, 6) is 0.927. The SMILES string of the molecule is CCC(=Cc1ccc(Br)o1)CNC1CC1. The first-order chi connectivity index (χ1) is 7.28. The van der Waals surface area contributed by atoms with E-state index in [0.29, 0.717) is 0 Å². The summed E-state index contributed by atoms with van der Waals surface area (Å²) in [7, 11) is 0. The predicted octanol–water partition coefficient (Wildman–Crippen LogP) is 3.59. The quantitative estimate of drug-likeness (QED) is 0.884. The van der Waals surface area contributed by atoms with Gasteiger partial charge in [0.1, 0.15) is 5.76 Å². The van der Waals surface area contributed by atoms with Crippen LogP contribution in [0.2, 0.25) is 0 Å². The lowest BCUT2D eigenvalue weighted by molar-refractivity contribution is 0.530. The first kappa shape index (κ1) is 11.0. The van der Waals surface area contributed by atoms with Crippen molar-refractivity contribution in [3.05, 3.63) is 28.1 Å². The molecule has 1 aromatic rings. The van der Waals surface area contributed by atoms with Gasteiger partial charge in [-0.3, -0.25) is 0 Å². The van der Waals surface area contributed by atoms with Gasteiger partial charge in [-0.25, -0.2) is 0 Å². The molecule has 0 radical (unpaired) electrons. The second kappa shape index (κ2) is 4.99. The van der Waals surface area contributed by atoms with Crippen LogP contribution in [0.25, 0.3) is 6.08 Å². The monoisotopic (exact) mass is 269 g/mol. The molecule has 1 aliphatic rings. The fraction of sp³-hybridized carbons (Fsp3) is 0.500. The molecule has 0 aliphatic heterocycles. The lowest BCUT2D eigenvalue weighted by Crippen LogP contribution is -2.18. The molecular weight excluding hydrogens is 254 g/mol. The number of rotatable bonds is 5. The van der Waals surface area contributed by atoms with Crippen molar-refractivity contribution < 1.29 is 4.42 Å². The molecule has 82 valence electrons. The van der Waals surface area contributed by atoms with E-state index in [-0.39, 0.29) is 0 Å².